The first-order chi connectivity index (χ1) is 9.00. The molecule has 1 aliphatic rings. The summed E-state index contributed by atoms with van der Waals surface area (Å²) in [6, 6.07) is 4.91. The first-order valence-corrected chi connectivity index (χ1v) is 6.54. The van der Waals surface area contributed by atoms with Crippen LogP contribution in [0.3, 0.4) is 0 Å². The van der Waals surface area contributed by atoms with Gasteiger partial charge >= 0.3 is 0 Å². The number of benzene rings is 1. The lowest BCUT2D eigenvalue weighted by Crippen LogP contribution is -2.39. The van der Waals surface area contributed by atoms with E-state index in [9.17, 15) is 14.9 Å². The largest absolute Gasteiger partial charge is 0.338 e. The van der Waals surface area contributed by atoms with Gasteiger partial charge in [-0.2, -0.15) is 0 Å². The zero-order valence-electron chi connectivity index (χ0n) is 11.3. The molecule has 0 unspecified atom stereocenters. The smallest absolute Gasteiger partial charge is 0.285 e. The van der Waals surface area contributed by atoms with Crippen molar-refractivity contribution in [3.05, 3.63) is 39.4 Å². The minimum absolute atomic E-state index is 0.0641. The average molecular weight is 262 g/mol. The van der Waals surface area contributed by atoms with Gasteiger partial charge in [0.05, 0.1) is 4.92 Å². The molecule has 102 valence electrons. The molecule has 5 nitrogen and oxygen atoms in total. The first kappa shape index (κ1) is 13.5. The number of carbonyl (C=O) groups excluding carboxylic acids is 1. The van der Waals surface area contributed by atoms with Gasteiger partial charge in [-0.25, -0.2) is 0 Å². The fourth-order valence-electron chi connectivity index (χ4n) is 2.62. The van der Waals surface area contributed by atoms with Crippen LogP contribution in [0.15, 0.2) is 18.2 Å². The van der Waals surface area contributed by atoms with Gasteiger partial charge < -0.3 is 4.90 Å². The fraction of sp³-hybridized carbons (Fsp3) is 0.500. The molecule has 0 bridgehead atoms. The number of hydrogen-bond acceptors (Lipinski definition) is 3. The molecule has 1 saturated heterocycles. The second-order valence-electron chi connectivity index (χ2n) is 5.23. The molecule has 0 saturated carbocycles. The predicted molar refractivity (Wildman–Crippen MR) is 72.1 cm³/mol. The van der Waals surface area contributed by atoms with Gasteiger partial charge in [0.1, 0.15) is 5.56 Å². The standard InChI is InChI=1S/C14H18N2O3/c1-10-5-4-8-15(9-10)14(17)12-7-3-6-11(2)13(12)16(18)19/h3,6-7,10H,4-5,8-9H2,1-2H3/t10-/m0/s1. The van der Waals surface area contributed by atoms with Crippen molar-refractivity contribution in [1.29, 1.82) is 0 Å². The quantitative estimate of drug-likeness (QED) is 0.608. The van der Waals surface area contributed by atoms with Crippen molar-refractivity contribution in [2.24, 2.45) is 5.92 Å². The summed E-state index contributed by atoms with van der Waals surface area (Å²) in [6.07, 6.45) is 2.08. The highest BCUT2D eigenvalue weighted by atomic mass is 16.6. The molecule has 1 heterocycles. The molecule has 0 spiro atoms. The minimum Gasteiger partial charge on any atom is -0.338 e. The predicted octanol–water partition coefficient (Wildman–Crippen LogP) is 2.78. The van der Waals surface area contributed by atoms with Crippen molar-refractivity contribution in [3.63, 3.8) is 0 Å². The van der Waals surface area contributed by atoms with E-state index in [0.717, 1.165) is 12.8 Å². The first-order valence-electron chi connectivity index (χ1n) is 6.54. The number of hydrogen-bond donors (Lipinski definition) is 0. The van der Waals surface area contributed by atoms with Crippen molar-refractivity contribution in [3.8, 4) is 0 Å². The summed E-state index contributed by atoms with van der Waals surface area (Å²) in [7, 11) is 0. The van der Waals surface area contributed by atoms with Gasteiger partial charge in [-0.1, -0.05) is 19.1 Å². The van der Waals surface area contributed by atoms with Crippen LogP contribution in [-0.4, -0.2) is 28.8 Å². The maximum Gasteiger partial charge on any atom is 0.285 e. The van der Waals surface area contributed by atoms with Crippen molar-refractivity contribution in [2.75, 3.05) is 13.1 Å². The summed E-state index contributed by atoms with van der Waals surface area (Å²) in [5, 5.41) is 11.1. The number of likely N-dealkylation sites (tertiary alicyclic amines) is 1. The Kier molecular flexibility index (Phi) is 3.83. The number of nitro groups is 1. The van der Waals surface area contributed by atoms with Gasteiger partial charge in [-0.15, -0.1) is 0 Å². The number of piperidine rings is 1. The number of nitro benzene ring substituents is 1. The van der Waals surface area contributed by atoms with E-state index < -0.39 is 4.92 Å². The second-order valence-corrected chi connectivity index (χ2v) is 5.23. The van der Waals surface area contributed by atoms with Crippen LogP contribution in [0.2, 0.25) is 0 Å². The van der Waals surface area contributed by atoms with E-state index in [1.54, 1.807) is 30.0 Å². The van der Waals surface area contributed by atoms with Gasteiger partial charge in [0.15, 0.2) is 0 Å². The van der Waals surface area contributed by atoms with E-state index >= 15 is 0 Å². The highest BCUT2D eigenvalue weighted by molar-refractivity contribution is 5.98. The van der Waals surface area contributed by atoms with E-state index in [2.05, 4.69) is 6.92 Å². The number of amides is 1. The number of rotatable bonds is 2. The Hall–Kier alpha value is -1.91. The third-order valence-corrected chi connectivity index (χ3v) is 3.59. The summed E-state index contributed by atoms with van der Waals surface area (Å²) < 4.78 is 0. The molecule has 1 fully saturated rings. The van der Waals surface area contributed by atoms with Gasteiger partial charge in [-0.3, -0.25) is 14.9 Å². The van der Waals surface area contributed by atoms with Crippen LogP contribution < -0.4 is 0 Å². The Balaban J connectivity index is 2.33. The van der Waals surface area contributed by atoms with Gasteiger partial charge in [0.25, 0.3) is 11.6 Å². The van der Waals surface area contributed by atoms with Crippen molar-refractivity contribution in [2.45, 2.75) is 26.7 Å². The van der Waals surface area contributed by atoms with Crippen LogP contribution in [-0.2, 0) is 0 Å². The highest BCUT2D eigenvalue weighted by Gasteiger charge is 2.28. The van der Waals surface area contributed by atoms with Crippen LogP contribution in [0.5, 0.6) is 0 Å². The van der Waals surface area contributed by atoms with Gasteiger partial charge in [0.2, 0.25) is 0 Å². The lowest BCUT2D eigenvalue weighted by molar-refractivity contribution is -0.385. The Bertz CT molecular complexity index is 513. The SMILES string of the molecule is Cc1cccc(C(=O)N2CCC[C@H](C)C2)c1[N+](=O)[O-]. The van der Waals surface area contributed by atoms with Crippen LogP contribution in [0.25, 0.3) is 0 Å². The van der Waals surface area contributed by atoms with Crippen LogP contribution in [0.4, 0.5) is 5.69 Å². The van der Waals surface area contributed by atoms with Crippen LogP contribution >= 0.6 is 0 Å². The molecule has 1 aromatic rings. The topological polar surface area (TPSA) is 63.5 Å². The molecule has 5 heteroatoms. The maximum absolute atomic E-state index is 12.4. The van der Waals surface area contributed by atoms with Gasteiger partial charge in [0, 0.05) is 18.7 Å². The average Bonchev–Trinajstić information content (AvgIpc) is 2.37. The summed E-state index contributed by atoms with van der Waals surface area (Å²) in [5.74, 6) is 0.239. The zero-order chi connectivity index (χ0) is 14.0. The van der Waals surface area contributed by atoms with E-state index in [1.165, 1.54) is 0 Å². The lowest BCUT2D eigenvalue weighted by atomic mass is 9.99. The molecular formula is C14H18N2O3. The summed E-state index contributed by atoms with van der Waals surface area (Å²) >= 11 is 0. The van der Waals surface area contributed by atoms with E-state index in [-0.39, 0.29) is 17.2 Å². The van der Waals surface area contributed by atoms with E-state index in [1.807, 2.05) is 0 Å². The summed E-state index contributed by atoms with van der Waals surface area (Å²) in [5.41, 5.74) is 0.672. The molecule has 0 aromatic heterocycles. The molecule has 2 rings (SSSR count). The highest BCUT2D eigenvalue weighted by Crippen LogP contribution is 2.26. The monoisotopic (exact) mass is 262 g/mol. The Morgan fingerprint density at radius 3 is 2.84 bits per heavy atom. The van der Waals surface area contributed by atoms with Crippen LogP contribution in [0.1, 0.15) is 35.7 Å². The molecular weight excluding hydrogens is 244 g/mol. The second kappa shape index (κ2) is 5.38. The van der Waals surface area contributed by atoms with Crippen molar-refractivity contribution >= 4 is 11.6 Å². The third kappa shape index (κ3) is 2.75. The Morgan fingerprint density at radius 2 is 2.21 bits per heavy atom. The molecule has 0 N–H and O–H groups in total. The molecule has 0 aliphatic carbocycles. The third-order valence-electron chi connectivity index (χ3n) is 3.59. The summed E-state index contributed by atoms with van der Waals surface area (Å²) in [6.45, 7) is 5.13. The normalized spacial score (nSPS) is 19.3. The fourth-order valence-corrected chi connectivity index (χ4v) is 2.62. The minimum atomic E-state index is -0.462. The Labute approximate surface area is 112 Å². The summed E-state index contributed by atoms with van der Waals surface area (Å²) in [4.78, 5) is 24.8. The number of carbonyl (C=O) groups is 1. The molecule has 1 aromatic carbocycles. The zero-order valence-corrected chi connectivity index (χ0v) is 11.3. The lowest BCUT2D eigenvalue weighted by Gasteiger charge is -2.30. The number of aryl methyl sites for hydroxylation is 1. The molecule has 1 amide bonds. The molecule has 19 heavy (non-hydrogen) atoms. The molecule has 1 atom stereocenters. The van der Waals surface area contributed by atoms with E-state index in [0.29, 0.717) is 24.6 Å². The molecule has 1 aliphatic heterocycles. The number of nitrogens with zero attached hydrogens (tertiary/aromatic N) is 2. The van der Waals surface area contributed by atoms with E-state index in [4.69, 9.17) is 0 Å². The van der Waals surface area contributed by atoms with Gasteiger partial charge in [-0.05, 0) is 31.7 Å². The van der Waals surface area contributed by atoms with Crippen molar-refractivity contribution < 1.29 is 9.72 Å². The van der Waals surface area contributed by atoms with Crippen molar-refractivity contribution in [1.82, 2.24) is 4.90 Å². The number of para-hydroxylation sites is 1. The van der Waals surface area contributed by atoms with Crippen LogP contribution in [0, 0.1) is 23.0 Å². The maximum atomic E-state index is 12.4. The Morgan fingerprint density at radius 1 is 1.47 bits per heavy atom. The molecule has 0 radical (unpaired) electrons.